The van der Waals surface area contributed by atoms with Crippen LogP contribution < -0.4 is 5.48 Å². The maximum absolute atomic E-state index is 12.1. The molecule has 0 fully saturated rings. The van der Waals surface area contributed by atoms with Crippen LogP contribution in [0.15, 0.2) is 12.3 Å². The highest BCUT2D eigenvalue weighted by Gasteiger charge is 2.17. The van der Waals surface area contributed by atoms with E-state index in [9.17, 15) is 4.79 Å². The molecule has 2 aromatic rings. The van der Waals surface area contributed by atoms with Crippen LogP contribution in [-0.2, 0) is 4.84 Å². The Morgan fingerprint density at radius 3 is 2.90 bits per heavy atom. The zero-order valence-electron chi connectivity index (χ0n) is 12.3. The number of nitrogens with zero attached hydrogens (tertiary/aromatic N) is 3. The summed E-state index contributed by atoms with van der Waals surface area (Å²) >= 11 is 0. The second-order valence-electron chi connectivity index (χ2n) is 4.76. The Balaban J connectivity index is 2.51. The van der Waals surface area contributed by atoms with Gasteiger partial charge in [0.1, 0.15) is 0 Å². The van der Waals surface area contributed by atoms with Gasteiger partial charge in [-0.25, -0.2) is 15.1 Å². The van der Waals surface area contributed by atoms with E-state index in [4.69, 9.17) is 4.84 Å². The van der Waals surface area contributed by atoms with Gasteiger partial charge in [-0.2, -0.15) is 5.10 Å². The lowest BCUT2D eigenvalue weighted by Crippen LogP contribution is -2.24. The molecule has 1 N–H and O–H groups in total. The second kappa shape index (κ2) is 6.00. The van der Waals surface area contributed by atoms with Crippen molar-refractivity contribution in [3.63, 3.8) is 0 Å². The summed E-state index contributed by atoms with van der Waals surface area (Å²) in [4.78, 5) is 21.6. The van der Waals surface area contributed by atoms with Gasteiger partial charge < -0.3 is 0 Å². The Kier molecular flexibility index (Phi) is 4.34. The first-order valence-electron chi connectivity index (χ1n) is 6.85. The van der Waals surface area contributed by atoms with Crippen LogP contribution in [0.3, 0.4) is 0 Å². The Morgan fingerprint density at radius 1 is 1.50 bits per heavy atom. The maximum Gasteiger partial charge on any atom is 0.275 e. The third kappa shape index (κ3) is 2.65. The lowest BCUT2D eigenvalue weighted by molar-refractivity contribution is 0.0366. The summed E-state index contributed by atoms with van der Waals surface area (Å²) in [7, 11) is 0. The summed E-state index contributed by atoms with van der Waals surface area (Å²) < 4.78 is 1.86. The molecule has 0 aliphatic heterocycles. The first-order chi connectivity index (χ1) is 9.58. The van der Waals surface area contributed by atoms with Crippen LogP contribution in [0, 0.1) is 6.92 Å². The molecule has 0 aliphatic carbocycles. The van der Waals surface area contributed by atoms with Crippen LogP contribution in [0.25, 0.3) is 11.0 Å². The average Bonchev–Trinajstić information content (AvgIpc) is 2.86. The minimum absolute atomic E-state index is 0.240. The van der Waals surface area contributed by atoms with Gasteiger partial charge in [0.05, 0.1) is 29.8 Å². The maximum atomic E-state index is 12.1. The van der Waals surface area contributed by atoms with E-state index in [1.807, 2.05) is 18.5 Å². The number of aromatic nitrogens is 3. The molecule has 108 valence electrons. The molecule has 2 aromatic heterocycles. The zero-order chi connectivity index (χ0) is 14.7. The molecule has 0 bridgehead atoms. The van der Waals surface area contributed by atoms with Gasteiger partial charge in [0.25, 0.3) is 5.91 Å². The lowest BCUT2D eigenvalue weighted by Gasteiger charge is -2.11. The van der Waals surface area contributed by atoms with Crippen molar-refractivity contribution in [3.05, 3.63) is 23.5 Å². The number of rotatable bonds is 5. The highest BCUT2D eigenvalue weighted by molar-refractivity contribution is 6.05. The third-order valence-corrected chi connectivity index (χ3v) is 3.26. The number of fused-ring (bicyclic) bond motifs is 1. The molecule has 6 nitrogen and oxygen atoms in total. The molecular formula is C14H20N4O2. The quantitative estimate of drug-likeness (QED) is 0.851. The van der Waals surface area contributed by atoms with Crippen LogP contribution in [0.1, 0.15) is 49.3 Å². The molecule has 1 atom stereocenters. The Labute approximate surface area is 118 Å². The van der Waals surface area contributed by atoms with Crippen LogP contribution in [0.4, 0.5) is 0 Å². The van der Waals surface area contributed by atoms with Gasteiger partial charge >= 0.3 is 0 Å². The molecule has 1 unspecified atom stereocenters. The van der Waals surface area contributed by atoms with E-state index in [-0.39, 0.29) is 11.9 Å². The van der Waals surface area contributed by atoms with Gasteiger partial charge in [-0.1, -0.05) is 6.92 Å². The first-order valence-corrected chi connectivity index (χ1v) is 6.85. The topological polar surface area (TPSA) is 69.0 Å². The van der Waals surface area contributed by atoms with E-state index in [0.717, 1.165) is 23.1 Å². The van der Waals surface area contributed by atoms with Gasteiger partial charge in [0, 0.05) is 5.69 Å². The predicted octanol–water partition coefficient (Wildman–Crippen LogP) is 2.39. The number of hydrogen-bond acceptors (Lipinski definition) is 4. The number of carbonyl (C=O) groups excluding carboxylic acids is 1. The van der Waals surface area contributed by atoms with Crippen molar-refractivity contribution in [2.45, 2.75) is 40.2 Å². The summed E-state index contributed by atoms with van der Waals surface area (Å²) in [5, 5.41) is 5.11. The smallest absolute Gasteiger partial charge is 0.274 e. The monoisotopic (exact) mass is 276 g/mol. The van der Waals surface area contributed by atoms with Crippen molar-refractivity contribution >= 4 is 16.9 Å². The van der Waals surface area contributed by atoms with Crippen molar-refractivity contribution < 1.29 is 9.63 Å². The van der Waals surface area contributed by atoms with E-state index >= 15 is 0 Å². The fourth-order valence-corrected chi connectivity index (χ4v) is 2.02. The summed E-state index contributed by atoms with van der Waals surface area (Å²) in [5.74, 6) is -0.272. The molecule has 2 heterocycles. The van der Waals surface area contributed by atoms with Crippen molar-refractivity contribution in [2.24, 2.45) is 0 Å². The minimum atomic E-state index is -0.272. The van der Waals surface area contributed by atoms with Crippen molar-refractivity contribution in [1.29, 1.82) is 0 Å². The fourth-order valence-electron chi connectivity index (χ4n) is 2.02. The standard InChI is InChI=1S/C14H20N4O2/c1-5-10(4)18-13-12(8-15-18)11(7-9(3)16-13)14(19)17-20-6-2/h7-8,10H,5-6H2,1-4H3,(H,17,19). The molecule has 0 spiro atoms. The van der Waals surface area contributed by atoms with E-state index in [0.29, 0.717) is 12.2 Å². The fraction of sp³-hybridized carbons (Fsp3) is 0.500. The number of nitrogens with one attached hydrogen (secondary N) is 1. The van der Waals surface area contributed by atoms with E-state index in [2.05, 4.69) is 29.4 Å². The molecule has 0 aliphatic rings. The van der Waals surface area contributed by atoms with Crippen LogP contribution in [0.2, 0.25) is 0 Å². The Bertz CT molecular complexity index is 621. The second-order valence-corrected chi connectivity index (χ2v) is 4.76. The largest absolute Gasteiger partial charge is 0.275 e. The molecule has 0 radical (unpaired) electrons. The van der Waals surface area contributed by atoms with Crippen molar-refractivity contribution in [1.82, 2.24) is 20.2 Å². The van der Waals surface area contributed by atoms with E-state index < -0.39 is 0 Å². The van der Waals surface area contributed by atoms with Crippen molar-refractivity contribution in [3.8, 4) is 0 Å². The van der Waals surface area contributed by atoms with Gasteiger partial charge in [-0.15, -0.1) is 0 Å². The third-order valence-electron chi connectivity index (χ3n) is 3.26. The van der Waals surface area contributed by atoms with Crippen LogP contribution >= 0.6 is 0 Å². The van der Waals surface area contributed by atoms with Crippen LogP contribution in [-0.4, -0.2) is 27.3 Å². The number of carbonyl (C=O) groups is 1. The summed E-state index contributed by atoms with van der Waals surface area (Å²) in [6.07, 6.45) is 2.64. The first kappa shape index (κ1) is 14.5. The van der Waals surface area contributed by atoms with E-state index in [1.165, 1.54) is 0 Å². The number of hydroxylamine groups is 1. The highest BCUT2D eigenvalue weighted by Crippen LogP contribution is 2.22. The molecule has 0 aromatic carbocycles. The van der Waals surface area contributed by atoms with Gasteiger partial charge in [0.2, 0.25) is 0 Å². The molecule has 0 saturated carbocycles. The van der Waals surface area contributed by atoms with Gasteiger partial charge in [0.15, 0.2) is 5.65 Å². The average molecular weight is 276 g/mol. The summed E-state index contributed by atoms with van der Waals surface area (Å²) in [5.41, 5.74) is 4.47. The lowest BCUT2D eigenvalue weighted by atomic mass is 10.1. The number of aryl methyl sites for hydroxylation is 1. The van der Waals surface area contributed by atoms with Crippen molar-refractivity contribution in [2.75, 3.05) is 6.61 Å². The molecule has 1 amide bonds. The summed E-state index contributed by atoms with van der Waals surface area (Å²) in [6, 6.07) is 1.99. The molecular weight excluding hydrogens is 256 g/mol. The summed E-state index contributed by atoms with van der Waals surface area (Å²) in [6.45, 7) is 8.28. The minimum Gasteiger partial charge on any atom is -0.274 e. The number of hydrogen-bond donors (Lipinski definition) is 1. The van der Waals surface area contributed by atoms with Crippen LogP contribution in [0.5, 0.6) is 0 Å². The zero-order valence-corrected chi connectivity index (χ0v) is 12.3. The normalized spacial score (nSPS) is 12.6. The van der Waals surface area contributed by atoms with Gasteiger partial charge in [-0.3, -0.25) is 9.63 Å². The van der Waals surface area contributed by atoms with Gasteiger partial charge in [-0.05, 0) is 33.3 Å². The molecule has 2 rings (SSSR count). The number of pyridine rings is 1. The SMILES string of the molecule is CCONC(=O)c1cc(C)nc2c1cnn2C(C)CC. The Hall–Kier alpha value is -1.95. The number of amides is 1. The molecule has 20 heavy (non-hydrogen) atoms. The molecule has 0 saturated heterocycles. The predicted molar refractivity (Wildman–Crippen MR) is 76.4 cm³/mol. The highest BCUT2D eigenvalue weighted by atomic mass is 16.6. The molecule has 6 heteroatoms. The van der Waals surface area contributed by atoms with E-state index in [1.54, 1.807) is 12.3 Å². The Morgan fingerprint density at radius 2 is 2.25 bits per heavy atom.